The van der Waals surface area contributed by atoms with Crippen molar-refractivity contribution in [1.29, 1.82) is 5.26 Å². The Morgan fingerprint density at radius 2 is 2.13 bits per heavy atom. The first-order valence-electron chi connectivity index (χ1n) is 7.63. The van der Waals surface area contributed by atoms with E-state index in [-0.39, 0.29) is 5.75 Å². The van der Waals surface area contributed by atoms with Gasteiger partial charge in [0.2, 0.25) is 0 Å². The van der Waals surface area contributed by atoms with Crippen molar-refractivity contribution in [1.82, 2.24) is 4.98 Å². The van der Waals surface area contributed by atoms with E-state index in [1.165, 1.54) is 0 Å². The molecular formula is C17H19N3O2S. The molecule has 0 radical (unpaired) electrons. The van der Waals surface area contributed by atoms with E-state index in [1.54, 1.807) is 18.3 Å². The van der Waals surface area contributed by atoms with Crippen molar-refractivity contribution in [2.75, 3.05) is 24.2 Å². The van der Waals surface area contributed by atoms with Crippen LogP contribution in [0.15, 0.2) is 23.2 Å². The van der Waals surface area contributed by atoms with Gasteiger partial charge in [0.25, 0.3) is 0 Å². The van der Waals surface area contributed by atoms with Gasteiger partial charge < -0.3 is 4.90 Å². The van der Waals surface area contributed by atoms with Gasteiger partial charge in [0.05, 0.1) is 27.4 Å². The molecule has 5 nitrogen and oxygen atoms in total. The molecule has 0 unspecified atom stereocenters. The summed E-state index contributed by atoms with van der Waals surface area (Å²) in [6.07, 6.45) is 2.05. The molecule has 0 atom stereocenters. The molecular weight excluding hydrogens is 310 g/mol. The lowest BCUT2D eigenvalue weighted by molar-refractivity contribution is 0.600. The molecule has 0 saturated heterocycles. The zero-order chi connectivity index (χ0) is 16.8. The van der Waals surface area contributed by atoms with E-state index in [9.17, 15) is 13.7 Å². The average molecular weight is 329 g/mol. The molecule has 1 aromatic carbocycles. The Hall–Kier alpha value is -2.13. The summed E-state index contributed by atoms with van der Waals surface area (Å²) < 4.78 is 24.4. The molecule has 3 rings (SSSR count). The topological polar surface area (TPSA) is 74.1 Å². The Bertz CT molecular complexity index is 927. The van der Waals surface area contributed by atoms with Gasteiger partial charge in [-0.2, -0.15) is 5.26 Å². The van der Waals surface area contributed by atoms with Crippen molar-refractivity contribution in [2.45, 2.75) is 25.2 Å². The van der Waals surface area contributed by atoms with Crippen LogP contribution < -0.4 is 4.90 Å². The second kappa shape index (κ2) is 5.50. The second-order valence-electron chi connectivity index (χ2n) is 6.41. The van der Waals surface area contributed by atoms with E-state index in [1.807, 2.05) is 11.9 Å². The maximum absolute atomic E-state index is 12.2. The van der Waals surface area contributed by atoms with Crippen LogP contribution in [0.1, 0.15) is 25.0 Å². The first kappa shape index (κ1) is 15.8. The highest BCUT2D eigenvalue weighted by atomic mass is 32.2. The zero-order valence-corrected chi connectivity index (χ0v) is 14.3. The van der Waals surface area contributed by atoms with Crippen molar-refractivity contribution in [2.24, 2.45) is 5.92 Å². The van der Waals surface area contributed by atoms with Crippen LogP contribution in [0.4, 0.5) is 5.69 Å². The number of nitriles is 1. The van der Waals surface area contributed by atoms with E-state index in [4.69, 9.17) is 0 Å². The molecule has 0 aliphatic carbocycles. The fourth-order valence-corrected chi connectivity index (χ4v) is 4.87. The summed E-state index contributed by atoms with van der Waals surface area (Å²) in [5, 5.41) is 10.3. The van der Waals surface area contributed by atoms with Gasteiger partial charge in [-0.15, -0.1) is 0 Å². The second-order valence-corrected chi connectivity index (χ2v) is 8.49. The summed E-state index contributed by atoms with van der Waals surface area (Å²) >= 11 is 0. The molecule has 6 heteroatoms. The highest BCUT2D eigenvalue weighted by molar-refractivity contribution is 7.91. The molecule has 0 fully saturated rings. The fraction of sp³-hybridized carbons (Fsp3) is 0.412. The van der Waals surface area contributed by atoms with Gasteiger partial charge in [-0.25, -0.2) is 8.42 Å². The molecule has 23 heavy (non-hydrogen) atoms. The lowest BCUT2D eigenvalue weighted by Crippen LogP contribution is -2.24. The monoisotopic (exact) mass is 329 g/mol. The Labute approximate surface area is 136 Å². The highest BCUT2D eigenvalue weighted by Crippen LogP contribution is 2.38. The van der Waals surface area contributed by atoms with Crippen molar-refractivity contribution in [3.8, 4) is 6.07 Å². The normalized spacial score (nSPS) is 15.6. The van der Waals surface area contributed by atoms with Crippen LogP contribution in [0.2, 0.25) is 0 Å². The number of aromatic nitrogens is 1. The first-order chi connectivity index (χ1) is 10.8. The number of pyridine rings is 1. The summed E-state index contributed by atoms with van der Waals surface area (Å²) in [7, 11) is -1.27. The van der Waals surface area contributed by atoms with Crippen LogP contribution in [-0.2, 0) is 16.3 Å². The largest absolute Gasteiger partial charge is 0.373 e. The van der Waals surface area contributed by atoms with Crippen LogP contribution in [0.3, 0.4) is 0 Å². The van der Waals surface area contributed by atoms with Crippen molar-refractivity contribution in [3.05, 3.63) is 29.5 Å². The number of fused-ring (bicyclic) bond motifs is 3. The number of nitrogens with zero attached hydrogens (tertiary/aromatic N) is 3. The van der Waals surface area contributed by atoms with E-state index in [2.05, 4.69) is 24.9 Å². The zero-order valence-electron chi connectivity index (χ0n) is 13.5. The van der Waals surface area contributed by atoms with E-state index in [0.29, 0.717) is 22.8 Å². The predicted octanol–water partition coefficient (Wildman–Crippen LogP) is 2.53. The molecule has 2 aromatic rings. The fourth-order valence-electron chi connectivity index (χ4n) is 3.32. The highest BCUT2D eigenvalue weighted by Gasteiger charge is 2.30. The maximum atomic E-state index is 12.2. The molecule has 0 amide bonds. The van der Waals surface area contributed by atoms with Crippen LogP contribution in [0.5, 0.6) is 0 Å². The minimum absolute atomic E-state index is 0.131. The molecule has 0 N–H and O–H groups in total. The Balaban J connectivity index is 2.37. The summed E-state index contributed by atoms with van der Waals surface area (Å²) in [5.41, 5.74) is 2.82. The van der Waals surface area contributed by atoms with Crippen molar-refractivity contribution < 1.29 is 8.42 Å². The molecule has 0 spiro atoms. The number of sulfone groups is 1. The van der Waals surface area contributed by atoms with Gasteiger partial charge in [0.15, 0.2) is 9.84 Å². The molecule has 1 aliphatic rings. The van der Waals surface area contributed by atoms with Crippen LogP contribution in [0, 0.1) is 17.2 Å². The number of aryl methyl sites for hydroxylation is 1. The Morgan fingerprint density at radius 1 is 1.39 bits per heavy atom. The summed E-state index contributed by atoms with van der Waals surface area (Å²) in [4.78, 5) is 6.79. The molecule has 0 saturated carbocycles. The third-order valence-corrected chi connectivity index (χ3v) is 5.96. The predicted molar refractivity (Wildman–Crippen MR) is 90.3 cm³/mol. The minimum Gasteiger partial charge on any atom is -0.373 e. The number of hydrogen-bond acceptors (Lipinski definition) is 5. The van der Waals surface area contributed by atoms with Gasteiger partial charge in [-0.3, -0.25) is 4.98 Å². The van der Waals surface area contributed by atoms with Crippen LogP contribution in [0.25, 0.3) is 10.9 Å². The maximum Gasteiger partial charge on any atom is 0.179 e. The molecule has 1 aromatic heterocycles. The lowest BCUT2D eigenvalue weighted by Gasteiger charge is -2.25. The van der Waals surface area contributed by atoms with E-state index >= 15 is 0 Å². The Morgan fingerprint density at radius 3 is 2.78 bits per heavy atom. The standard InChI is InChI=1S/C17H19N3O2S/c1-11(2)10-20(3)17-12(8-18)9-19-14-4-5-15-13(16(14)17)6-7-23(15,21)22/h4-5,9,11H,6-7,10H2,1-3H3. The van der Waals surface area contributed by atoms with Crippen molar-refractivity contribution in [3.63, 3.8) is 0 Å². The quantitative estimate of drug-likeness (QED) is 0.865. The van der Waals surface area contributed by atoms with Gasteiger partial charge in [0, 0.05) is 25.2 Å². The number of hydrogen-bond donors (Lipinski definition) is 0. The lowest BCUT2D eigenvalue weighted by atomic mass is 10.0. The first-order valence-corrected chi connectivity index (χ1v) is 9.29. The number of anilines is 1. The summed E-state index contributed by atoms with van der Waals surface area (Å²) in [5.74, 6) is 0.557. The minimum atomic E-state index is -3.21. The SMILES string of the molecule is CC(C)CN(C)c1c(C#N)cnc2ccc3c(c12)CCS3(=O)=O. The average Bonchev–Trinajstić information content (AvgIpc) is 2.80. The molecule has 0 bridgehead atoms. The summed E-state index contributed by atoms with van der Waals surface area (Å²) in [6, 6.07) is 5.59. The third kappa shape index (κ3) is 2.55. The van der Waals surface area contributed by atoms with E-state index < -0.39 is 9.84 Å². The van der Waals surface area contributed by atoms with Gasteiger partial charge in [-0.1, -0.05) is 13.8 Å². The smallest absolute Gasteiger partial charge is 0.179 e. The van der Waals surface area contributed by atoms with Crippen molar-refractivity contribution >= 4 is 26.4 Å². The molecule has 2 heterocycles. The number of rotatable bonds is 3. The van der Waals surface area contributed by atoms with Crippen LogP contribution in [-0.4, -0.2) is 32.7 Å². The van der Waals surface area contributed by atoms with Gasteiger partial charge in [0.1, 0.15) is 6.07 Å². The third-order valence-electron chi connectivity index (χ3n) is 4.17. The molecule has 120 valence electrons. The van der Waals surface area contributed by atoms with Gasteiger partial charge >= 0.3 is 0 Å². The number of benzene rings is 1. The Kier molecular flexibility index (Phi) is 3.77. The van der Waals surface area contributed by atoms with Crippen LogP contribution >= 0.6 is 0 Å². The van der Waals surface area contributed by atoms with Gasteiger partial charge in [-0.05, 0) is 30.0 Å². The molecule has 1 aliphatic heterocycles. The van der Waals surface area contributed by atoms with E-state index in [0.717, 1.165) is 28.7 Å². The summed E-state index contributed by atoms with van der Waals surface area (Å²) in [6.45, 7) is 5.01.